The normalized spacial score (nSPS) is 44.6. The molecule has 2 fully saturated rings. The Kier molecular flexibility index (Phi) is 0.884. The third-order valence-electron chi connectivity index (χ3n) is 2.55. The van der Waals surface area contributed by atoms with Crippen LogP contribution in [0, 0.1) is 5.92 Å². The number of likely N-dealkylation sites (tertiary alicyclic amines) is 1. The summed E-state index contributed by atoms with van der Waals surface area (Å²) in [6, 6.07) is 1.03. The first-order valence-electron chi connectivity index (χ1n) is 3.66. The molecule has 0 amide bonds. The Balaban J connectivity index is 1.97. The van der Waals surface area contributed by atoms with E-state index in [4.69, 9.17) is 0 Å². The summed E-state index contributed by atoms with van der Waals surface area (Å²) in [6.45, 7) is 4.92. The first kappa shape index (κ1) is 4.80. The smallest absolute Gasteiger partial charge is 0.0128 e. The zero-order chi connectivity index (χ0) is 5.56. The van der Waals surface area contributed by atoms with Gasteiger partial charge >= 0.3 is 0 Å². The maximum Gasteiger partial charge on any atom is 0.0128 e. The van der Waals surface area contributed by atoms with E-state index in [1.807, 2.05) is 0 Å². The lowest BCUT2D eigenvalue weighted by Gasteiger charge is -2.12. The van der Waals surface area contributed by atoms with Crippen LogP contribution < -0.4 is 0 Å². The minimum atomic E-state index is 1.03. The number of hydrogen-bond acceptors (Lipinski definition) is 1. The summed E-state index contributed by atoms with van der Waals surface area (Å²) in [6.07, 6.45) is 2.99. The fourth-order valence-corrected chi connectivity index (χ4v) is 1.88. The van der Waals surface area contributed by atoms with E-state index in [9.17, 15) is 0 Å². The molecule has 2 aliphatic rings. The van der Waals surface area contributed by atoms with E-state index in [2.05, 4.69) is 11.8 Å². The van der Waals surface area contributed by atoms with Gasteiger partial charge in [0, 0.05) is 6.04 Å². The van der Waals surface area contributed by atoms with Crippen LogP contribution in [0.5, 0.6) is 0 Å². The fourth-order valence-electron chi connectivity index (χ4n) is 1.88. The van der Waals surface area contributed by atoms with Gasteiger partial charge in [-0.1, -0.05) is 6.92 Å². The quantitative estimate of drug-likeness (QED) is 0.490. The number of nitrogens with zero attached hydrogens (tertiary/aromatic N) is 1. The Morgan fingerprint density at radius 1 is 1.62 bits per heavy atom. The lowest BCUT2D eigenvalue weighted by Crippen LogP contribution is -2.22. The molecule has 0 aromatic heterocycles. The summed E-state index contributed by atoms with van der Waals surface area (Å²) in [5.74, 6) is 1.12. The molecule has 46 valence electrons. The van der Waals surface area contributed by atoms with Gasteiger partial charge in [0.25, 0.3) is 0 Å². The molecule has 0 bridgehead atoms. The molecule has 0 N–H and O–H groups in total. The van der Waals surface area contributed by atoms with Crippen molar-refractivity contribution in [2.24, 2.45) is 5.92 Å². The molecule has 1 aliphatic carbocycles. The van der Waals surface area contributed by atoms with Gasteiger partial charge in [-0.25, -0.2) is 0 Å². The molecule has 0 spiro atoms. The van der Waals surface area contributed by atoms with Crippen molar-refractivity contribution >= 4 is 0 Å². The highest BCUT2D eigenvalue weighted by molar-refractivity contribution is 5.00. The Labute approximate surface area is 50.7 Å². The zero-order valence-corrected chi connectivity index (χ0v) is 5.43. The average Bonchev–Trinajstić information content (AvgIpc) is 2.46. The van der Waals surface area contributed by atoms with Crippen molar-refractivity contribution < 1.29 is 0 Å². The van der Waals surface area contributed by atoms with E-state index in [0.717, 1.165) is 12.0 Å². The molecule has 0 aromatic rings. The lowest BCUT2D eigenvalue weighted by molar-refractivity contribution is 0.317. The highest BCUT2D eigenvalue weighted by atomic mass is 15.2. The third kappa shape index (κ3) is 0.510. The van der Waals surface area contributed by atoms with Gasteiger partial charge in [-0.05, 0) is 31.8 Å². The van der Waals surface area contributed by atoms with Gasteiger partial charge in [-0.2, -0.15) is 0 Å². The van der Waals surface area contributed by atoms with Gasteiger partial charge in [-0.3, -0.25) is 0 Å². The molecule has 2 rings (SSSR count). The van der Waals surface area contributed by atoms with Gasteiger partial charge in [0.1, 0.15) is 0 Å². The lowest BCUT2D eigenvalue weighted by atomic mass is 10.3. The summed E-state index contributed by atoms with van der Waals surface area (Å²) >= 11 is 0. The van der Waals surface area contributed by atoms with Gasteiger partial charge < -0.3 is 4.90 Å². The van der Waals surface area contributed by atoms with Crippen molar-refractivity contribution in [2.75, 3.05) is 13.1 Å². The van der Waals surface area contributed by atoms with Crippen LogP contribution in [0.1, 0.15) is 19.8 Å². The zero-order valence-electron chi connectivity index (χ0n) is 5.43. The molecule has 1 heteroatoms. The second kappa shape index (κ2) is 1.47. The minimum Gasteiger partial charge on any atom is -0.300 e. The summed E-state index contributed by atoms with van der Waals surface area (Å²) in [5.41, 5.74) is 0. The predicted molar refractivity (Wildman–Crippen MR) is 33.8 cm³/mol. The van der Waals surface area contributed by atoms with Crippen LogP contribution in [0.25, 0.3) is 0 Å². The average molecular weight is 111 g/mol. The van der Waals surface area contributed by atoms with Crippen LogP contribution in [0.15, 0.2) is 0 Å². The topological polar surface area (TPSA) is 3.24 Å². The van der Waals surface area contributed by atoms with Crippen LogP contribution in [-0.2, 0) is 0 Å². The second-order valence-corrected chi connectivity index (χ2v) is 2.98. The summed E-state index contributed by atoms with van der Waals surface area (Å²) < 4.78 is 0. The molecule has 1 aliphatic heterocycles. The van der Waals surface area contributed by atoms with Gasteiger partial charge in [-0.15, -0.1) is 0 Å². The van der Waals surface area contributed by atoms with Crippen molar-refractivity contribution in [3.8, 4) is 0 Å². The first-order valence-corrected chi connectivity index (χ1v) is 3.66. The molecule has 2 atom stereocenters. The summed E-state index contributed by atoms with van der Waals surface area (Å²) in [5, 5.41) is 0. The highest BCUT2D eigenvalue weighted by Crippen LogP contribution is 2.43. The van der Waals surface area contributed by atoms with E-state index >= 15 is 0 Å². The van der Waals surface area contributed by atoms with Crippen molar-refractivity contribution in [3.63, 3.8) is 0 Å². The fraction of sp³-hybridized carbons (Fsp3) is 1.00. The largest absolute Gasteiger partial charge is 0.300 e. The number of piperidine rings is 1. The monoisotopic (exact) mass is 111 g/mol. The van der Waals surface area contributed by atoms with E-state index in [0.29, 0.717) is 0 Å². The SMILES string of the molecule is CCN1CCC2CC21. The van der Waals surface area contributed by atoms with Gasteiger partial charge in [0.15, 0.2) is 0 Å². The van der Waals surface area contributed by atoms with Crippen LogP contribution >= 0.6 is 0 Å². The van der Waals surface area contributed by atoms with Crippen LogP contribution in [-0.4, -0.2) is 24.0 Å². The van der Waals surface area contributed by atoms with Crippen molar-refractivity contribution in [2.45, 2.75) is 25.8 Å². The van der Waals surface area contributed by atoms with Gasteiger partial charge in [0.05, 0.1) is 0 Å². The number of fused-ring (bicyclic) bond motifs is 1. The predicted octanol–water partition coefficient (Wildman–Crippen LogP) is 1.10. The van der Waals surface area contributed by atoms with E-state index < -0.39 is 0 Å². The molecule has 1 saturated heterocycles. The molecule has 0 radical (unpaired) electrons. The van der Waals surface area contributed by atoms with Gasteiger partial charge in [0.2, 0.25) is 0 Å². The second-order valence-electron chi connectivity index (χ2n) is 2.98. The molecule has 1 heterocycles. The van der Waals surface area contributed by atoms with Crippen molar-refractivity contribution in [1.82, 2.24) is 4.90 Å². The molecule has 8 heavy (non-hydrogen) atoms. The van der Waals surface area contributed by atoms with Crippen LogP contribution in [0.2, 0.25) is 0 Å². The third-order valence-corrected chi connectivity index (χ3v) is 2.55. The molecule has 1 saturated carbocycles. The van der Waals surface area contributed by atoms with Crippen molar-refractivity contribution in [3.05, 3.63) is 0 Å². The van der Waals surface area contributed by atoms with E-state index in [1.165, 1.54) is 25.9 Å². The Bertz CT molecular complexity index is 101. The summed E-state index contributed by atoms with van der Waals surface area (Å²) in [7, 11) is 0. The summed E-state index contributed by atoms with van der Waals surface area (Å²) in [4.78, 5) is 2.60. The molecular formula is C7H13N. The van der Waals surface area contributed by atoms with Crippen LogP contribution in [0.4, 0.5) is 0 Å². The number of hydrogen-bond donors (Lipinski definition) is 0. The van der Waals surface area contributed by atoms with Crippen LogP contribution in [0.3, 0.4) is 0 Å². The minimum absolute atomic E-state index is 1.03. The highest BCUT2D eigenvalue weighted by Gasteiger charge is 2.45. The first-order chi connectivity index (χ1) is 3.92. The van der Waals surface area contributed by atoms with Crippen molar-refractivity contribution in [1.29, 1.82) is 0 Å². The molecule has 2 unspecified atom stereocenters. The molecule has 0 aromatic carbocycles. The number of rotatable bonds is 1. The maximum atomic E-state index is 2.60. The molecule has 1 nitrogen and oxygen atoms in total. The Morgan fingerprint density at radius 3 is 2.75 bits per heavy atom. The maximum absolute atomic E-state index is 2.60. The Hall–Kier alpha value is -0.0400. The standard InChI is InChI=1S/C7H13N/c1-2-8-4-3-6-5-7(6)8/h6-7H,2-5H2,1H3. The van der Waals surface area contributed by atoms with E-state index in [-0.39, 0.29) is 0 Å². The molecular weight excluding hydrogens is 98.1 g/mol. The Morgan fingerprint density at radius 2 is 2.50 bits per heavy atom. The van der Waals surface area contributed by atoms with E-state index in [1.54, 1.807) is 0 Å².